The smallest absolute Gasteiger partial charge is 0.306 e. The van der Waals surface area contributed by atoms with E-state index in [1.165, 1.54) is 18.2 Å². The highest BCUT2D eigenvalue weighted by atomic mass is 19.3. The Balaban J connectivity index is 1.42. The van der Waals surface area contributed by atoms with E-state index in [2.05, 4.69) is 5.32 Å². The molecule has 0 aliphatic carbocycles. The van der Waals surface area contributed by atoms with E-state index in [0.29, 0.717) is 24.1 Å². The summed E-state index contributed by atoms with van der Waals surface area (Å²) in [4.78, 5) is 10.6. The van der Waals surface area contributed by atoms with Crippen molar-refractivity contribution in [2.45, 2.75) is 37.7 Å². The number of aliphatic hydroxyl groups is 1. The van der Waals surface area contributed by atoms with Crippen LogP contribution in [0, 0.1) is 0 Å². The molecule has 1 unspecified atom stereocenters. The molecule has 0 heterocycles. The maximum Gasteiger partial charge on any atom is 0.306 e. The van der Waals surface area contributed by atoms with Crippen LogP contribution in [-0.4, -0.2) is 23.2 Å². The van der Waals surface area contributed by atoms with Gasteiger partial charge in [0, 0.05) is 5.56 Å². The van der Waals surface area contributed by atoms with Gasteiger partial charge in [0.25, 0.3) is 0 Å². The highest BCUT2D eigenvalue weighted by Gasteiger charge is 2.32. The van der Waals surface area contributed by atoms with Crippen molar-refractivity contribution in [3.8, 4) is 11.5 Å². The van der Waals surface area contributed by atoms with Crippen molar-refractivity contribution in [3.63, 3.8) is 0 Å². The number of rotatable bonds is 12. The summed E-state index contributed by atoms with van der Waals surface area (Å²) in [6, 6.07) is 19.3. The summed E-state index contributed by atoms with van der Waals surface area (Å²) < 4.78 is 33.7. The molecule has 33 heavy (non-hydrogen) atoms. The monoisotopic (exact) mass is 455 g/mol. The van der Waals surface area contributed by atoms with Crippen LogP contribution in [0.2, 0.25) is 0 Å². The third-order valence-corrected chi connectivity index (χ3v) is 5.35. The van der Waals surface area contributed by atoms with Crippen LogP contribution in [0.15, 0.2) is 72.8 Å². The predicted octanol–water partition coefficient (Wildman–Crippen LogP) is 5.58. The van der Waals surface area contributed by atoms with E-state index in [4.69, 9.17) is 4.74 Å². The number of ether oxygens (including phenoxy) is 1. The van der Waals surface area contributed by atoms with Crippen LogP contribution in [-0.2, 0) is 17.1 Å². The van der Waals surface area contributed by atoms with Crippen molar-refractivity contribution >= 4 is 12.1 Å². The Kier molecular flexibility index (Phi) is 8.38. The molecule has 0 aliphatic heterocycles. The average Bonchev–Trinajstić information content (AvgIpc) is 2.83. The molecule has 3 aromatic carbocycles. The lowest BCUT2D eigenvalue weighted by molar-refractivity contribution is -0.105. The van der Waals surface area contributed by atoms with E-state index in [9.17, 15) is 23.8 Å². The zero-order chi connectivity index (χ0) is 23.7. The number of aliphatic hydroxyl groups excluding tert-OH is 1. The molecule has 3 N–H and O–H groups in total. The topological polar surface area (TPSA) is 78.8 Å². The van der Waals surface area contributed by atoms with Crippen molar-refractivity contribution in [2.24, 2.45) is 0 Å². The SMILES string of the molecule is O=CNc1cc(C(O)CCCCc2ccc(OCC(F)(F)c3ccccc3)cc2)ccc1O. The number of nitrogens with one attached hydrogen (secondary N) is 1. The van der Waals surface area contributed by atoms with E-state index < -0.39 is 18.6 Å². The van der Waals surface area contributed by atoms with Crippen LogP contribution >= 0.6 is 0 Å². The van der Waals surface area contributed by atoms with Crippen molar-refractivity contribution < 1.29 is 28.5 Å². The summed E-state index contributed by atoms with van der Waals surface area (Å²) in [6.07, 6.45) is 2.67. The average molecular weight is 456 g/mol. The maximum absolute atomic E-state index is 14.2. The molecular weight excluding hydrogens is 428 g/mol. The van der Waals surface area contributed by atoms with Gasteiger partial charge < -0.3 is 20.3 Å². The van der Waals surface area contributed by atoms with Crippen molar-refractivity contribution in [3.05, 3.63) is 89.5 Å². The molecule has 0 bridgehead atoms. The number of hydrogen-bond donors (Lipinski definition) is 3. The Morgan fingerprint density at radius 2 is 1.73 bits per heavy atom. The number of carbonyl (C=O) groups excluding carboxylic acids is 1. The first-order valence-electron chi connectivity index (χ1n) is 10.8. The van der Waals surface area contributed by atoms with Gasteiger partial charge in [-0.05, 0) is 54.7 Å². The first-order valence-corrected chi connectivity index (χ1v) is 10.8. The number of benzene rings is 3. The molecule has 0 spiro atoms. The van der Waals surface area contributed by atoms with E-state index in [1.54, 1.807) is 42.5 Å². The number of phenolic OH excluding ortho intramolecular Hbond substituents is 1. The van der Waals surface area contributed by atoms with Crippen LogP contribution in [0.3, 0.4) is 0 Å². The quantitative estimate of drug-likeness (QED) is 0.189. The number of halogens is 2. The minimum absolute atomic E-state index is 0.0609. The Morgan fingerprint density at radius 3 is 2.42 bits per heavy atom. The molecule has 0 radical (unpaired) electrons. The van der Waals surface area contributed by atoms with Crippen LogP contribution in [0.4, 0.5) is 14.5 Å². The number of amides is 1. The van der Waals surface area contributed by atoms with Gasteiger partial charge in [-0.1, -0.05) is 55.0 Å². The lowest BCUT2D eigenvalue weighted by atomic mass is 10.0. The number of aryl methyl sites for hydroxylation is 1. The lowest BCUT2D eigenvalue weighted by Crippen LogP contribution is -2.23. The van der Waals surface area contributed by atoms with Crippen molar-refractivity contribution in [2.75, 3.05) is 11.9 Å². The second kappa shape index (κ2) is 11.4. The van der Waals surface area contributed by atoms with Gasteiger partial charge in [-0.15, -0.1) is 0 Å². The number of carbonyl (C=O) groups is 1. The summed E-state index contributed by atoms with van der Waals surface area (Å²) in [5, 5.41) is 22.4. The zero-order valence-corrected chi connectivity index (χ0v) is 18.1. The number of aromatic hydroxyl groups is 1. The van der Waals surface area contributed by atoms with Crippen LogP contribution in [0.1, 0.15) is 42.1 Å². The van der Waals surface area contributed by atoms with Crippen LogP contribution in [0.25, 0.3) is 0 Å². The zero-order valence-electron chi connectivity index (χ0n) is 18.1. The fourth-order valence-corrected chi connectivity index (χ4v) is 3.47. The standard InChI is InChI=1S/C26H27F2NO4/c27-26(28,21-7-2-1-3-8-21)17-33-22-13-10-19(11-14-22)6-4-5-9-24(31)20-12-15-25(32)23(16-20)29-18-30/h1-3,7-8,10-16,18,24,31-32H,4-6,9,17H2,(H,29,30). The number of unbranched alkanes of at least 4 members (excludes halogenated alkanes) is 1. The van der Waals surface area contributed by atoms with Gasteiger partial charge in [0.1, 0.15) is 11.5 Å². The fourth-order valence-electron chi connectivity index (χ4n) is 3.47. The highest BCUT2D eigenvalue weighted by molar-refractivity contribution is 5.75. The normalized spacial score (nSPS) is 12.2. The summed E-state index contributed by atoms with van der Waals surface area (Å²) in [5.41, 5.74) is 1.84. The van der Waals surface area contributed by atoms with Crippen LogP contribution < -0.4 is 10.1 Å². The van der Waals surface area contributed by atoms with E-state index in [1.807, 2.05) is 12.1 Å². The fraction of sp³-hybridized carbons (Fsp3) is 0.269. The Bertz CT molecular complexity index is 1030. The molecule has 5 nitrogen and oxygen atoms in total. The summed E-state index contributed by atoms with van der Waals surface area (Å²) >= 11 is 0. The van der Waals surface area contributed by atoms with Crippen LogP contribution in [0.5, 0.6) is 11.5 Å². The summed E-state index contributed by atoms with van der Waals surface area (Å²) in [6.45, 7) is -0.727. The molecule has 7 heteroatoms. The molecule has 0 aromatic heterocycles. The molecule has 1 amide bonds. The number of alkyl halides is 2. The lowest BCUT2D eigenvalue weighted by Gasteiger charge is -2.17. The first-order chi connectivity index (χ1) is 15.9. The van der Waals surface area contributed by atoms with Gasteiger partial charge in [0.15, 0.2) is 6.61 Å². The molecule has 0 saturated heterocycles. The van der Waals surface area contributed by atoms with Gasteiger partial charge >= 0.3 is 5.92 Å². The van der Waals surface area contributed by atoms with Gasteiger partial charge in [0.05, 0.1) is 11.8 Å². The number of phenols is 1. The first kappa shape index (κ1) is 24.2. The molecular formula is C26H27F2NO4. The van der Waals surface area contributed by atoms with Gasteiger partial charge in [-0.3, -0.25) is 4.79 Å². The molecule has 0 saturated carbocycles. The Labute approximate surface area is 191 Å². The largest absolute Gasteiger partial charge is 0.506 e. The molecule has 0 aliphatic rings. The number of anilines is 1. The number of hydrogen-bond acceptors (Lipinski definition) is 4. The summed E-state index contributed by atoms with van der Waals surface area (Å²) in [7, 11) is 0. The van der Waals surface area contributed by atoms with E-state index in [0.717, 1.165) is 24.8 Å². The summed E-state index contributed by atoms with van der Waals surface area (Å²) in [5.74, 6) is -2.74. The highest BCUT2D eigenvalue weighted by Crippen LogP contribution is 2.30. The third-order valence-electron chi connectivity index (χ3n) is 5.35. The van der Waals surface area contributed by atoms with E-state index in [-0.39, 0.29) is 17.0 Å². The molecule has 3 rings (SSSR count). The van der Waals surface area contributed by atoms with Crippen molar-refractivity contribution in [1.29, 1.82) is 0 Å². The molecule has 3 aromatic rings. The third kappa shape index (κ3) is 7.02. The Hall–Kier alpha value is -3.45. The second-order valence-electron chi connectivity index (χ2n) is 7.80. The van der Waals surface area contributed by atoms with Gasteiger partial charge in [0.2, 0.25) is 6.41 Å². The molecule has 1 atom stereocenters. The second-order valence-corrected chi connectivity index (χ2v) is 7.80. The van der Waals surface area contributed by atoms with Gasteiger partial charge in [-0.2, -0.15) is 8.78 Å². The predicted molar refractivity (Wildman–Crippen MR) is 123 cm³/mol. The molecule has 0 fully saturated rings. The Morgan fingerprint density at radius 1 is 1.00 bits per heavy atom. The maximum atomic E-state index is 14.2. The minimum Gasteiger partial charge on any atom is -0.506 e. The minimum atomic E-state index is -3.07. The van der Waals surface area contributed by atoms with E-state index >= 15 is 0 Å². The van der Waals surface area contributed by atoms with Crippen molar-refractivity contribution in [1.82, 2.24) is 0 Å². The molecule has 174 valence electrons. The van der Waals surface area contributed by atoms with Gasteiger partial charge in [-0.25, -0.2) is 0 Å².